The smallest absolute Gasteiger partial charge is 0.325 e. The third-order valence-corrected chi connectivity index (χ3v) is 6.43. The van der Waals surface area contributed by atoms with Gasteiger partial charge in [-0.15, -0.1) is 0 Å². The van der Waals surface area contributed by atoms with Crippen molar-refractivity contribution in [3.05, 3.63) is 60.2 Å². The van der Waals surface area contributed by atoms with Crippen molar-refractivity contribution < 1.29 is 23.9 Å². The molecule has 2 aliphatic rings. The van der Waals surface area contributed by atoms with E-state index in [4.69, 9.17) is 9.47 Å². The number of ether oxygens (including phenoxy) is 2. The van der Waals surface area contributed by atoms with E-state index >= 15 is 0 Å². The van der Waals surface area contributed by atoms with Crippen molar-refractivity contribution in [2.45, 2.75) is 45.1 Å². The zero-order valence-corrected chi connectivity index (χ0v) is 20.9. The number of anilines is 1. The van der Waals surface area contributed by atoms with Gasteiger partial charge in [-0.05, 0) is 30.5 Å². The van der Waals surface area contributed by atoms with Gasteiger partial charge in [-0.3, -0.25) is 14.5 Å². The van der Waals surface area contributed by atoms with Gasteiger partial charge in [0.25, 0.3) is 5.91 Å². The number of hydrogen-bond donors (Lipinski definition) is 1. The predicted molar refractivity (Wildman–Crippen MR) is 138 cm³/mol. The maximum Gasteiger partial charge on any atom is 0.325 e. The largest absolute Gasteiger partial charge is 0.486 e. The normalized spacial score (nSPS) is 16.3. The highest BCUT2D eigenvalue weighted by atomic mass is 16.6. The lowest BCUT2D eigenvalue weighted by Gasteiger charge is -2.27. The highest BCUT2D eigenvalue weighted by molar-refractivity contribution is 6.10. The van der Waals surface area contributed by atoms with E-state index in [1.54, 1.807) is 23.1 Å². The Bertz CT molecular complexity index is 1130. The molecule has 8 nitrogen and oxygen atoms in total. The highest BCUT2D eigenvalue weighted by Crippen LogP contribution is 2.34. The average Bonchev–Trinajstić information content (AvgIpc) is 3.11. The van der Waals surface area contributed by atoms with Gasteiger partial charge in [0.2, 0.25) is 5.91 Å². The van der Waals surface area contributed by atoms with E-state index in [1.807, 2.05) is 56.3 Å². The number of rotatable bonds is 10. The van der Waals surface area contributed by atoms with Crippen LogP contribution in [0.5, 0.6) is 11.5 Å². The van der Waals surface area contributed by atoms with E-state index in [2.05, 4.69) is 5.32 Å². The Hall–Kier alpha value is -3.81. The number of hydrogen-bond acceptors (Lipinski definition) is 5. The van der Waals surface area contributed by atoms with Crippen molar-refractivity contribution in [1.29, 1.82) is 0 Å². The number of carbonyl (C=O) groups is 3. The van der Waals surface area contributed by atoms with Crippen LogP contribution < -0.4 is 19.7 Å². The van der Waals surface area contributed by atoms with Gasteiger partial charge in [0, 0.05) is 18.3 Å². The number of amides is 4. The molecular formula is C28H33N3O5. The molecule has 2 heterocycles. The van der Waals surface area contributed by atoms with E-state index in [9.17, 15) is 14.4 Å². The number of imide groups is 1. The van der Waals surface area contributed by atoms with Crippen molar-refractivity contribution in [3.63, 3.8) is 0 Å². The first kappa shape index (κ1) is 25.3. The fourth-order valence-electron chi connectivity index (χ4n) is 4.77. The first-order chi connectivity index (χ1) is 17.5. The summed E-state index contributed by atoms with van der Waals surface area (Å²) in [5, 5.41) is 2.87. The maximum atomic E-state index is 13.6. The summed E-state index contributed by atoms with van der Waals surface area (Å²) in [5.74, 6) is 0.488. The molecule has 0 radical (unpaired) electrons. The van der Waals surface area contributed by atoms with E-state index in [0.717, 1.165) is 23.3 Å². The van der Waals surface area contributed by atoms with E-state index in [-0.39, 0.29) is 24.9 Å². The molecule has 1 saturated heterocycles. The molecule has 0 unspecified atom stereocenters. The number of urea groups is 1. The van der Waals surface area contributed by atoms with Crippen molar-refractivity contribution in [3.8, 4) is 11.5 Å². The van der Waals surface area contributed by atoms with Gasteiger partial charge >= 0.3 is 6.03 Å². The lowest BCUT2D eigenvalue weighted by Crippen LogP contribution is -2.48. The monoisotopic (exact) mass is 491 g/mol. The number of benzene rings is 2. The molecule has 2 aliphatic heterocycles. The van der Waals surface area contributed by atoms with Crippen molar-refractivity contribution >= 4 is 29.6 Å². The Morgan fingerprint density at radius 3 is 2.42 bits per heavy atom. The Morgan fingerprint density at radius 1 is 1.03 bits per heavy atom. The van der Waals surface area contributed by atoms with Crippen LogP contribution in [0.15, 0.2) is 54.6 Å². The van der Waals surface area contributed by atoms with Crippen LogP contribution in [-0.2, 0) is 9.59 Å². The maximum absolute atomic E-state index is 13.6. The van der Waals surface area contributed by atoms with Crippen LogP contribution in [0.2, 0.25) is 0 Å². The van der Waals surface area contributed by atoms with Gasteiger partial charge < -0.3 is 19.7 Å². The van der Waals surface area contributed by atoms with Gasteiger partial charge in [0.15, 0.2) is 11.5 Å². The van der Waals surface area contributed by atoms with Crippen LogP contribution in [0.1, 0.15) is 45.1 Å². The van der Waals surface area contributed by atoms with Crippen LogP contribution in [-0.4, -0.2) is 54.6 Å². The second-order valence-electron chi connectivity index (χ2n) is 9.05. The SMILES string of the molecule is CCCC1(CCC)NC(=O)N(CC(=O)N(C/C=C/c2ccccc2)c2ccc3c(c2)OCCO3)C1=O. The summed E-state index contributed by atoms with van der Waals surface area (Å²) in [6.07, 6.45) is 6.40. The van der Waals surface area contributed by atoms with Crippen LogP contribution in [0.4, 0.5) is 10.5 Å². The first-order valence-electron chi connectivity index (χ1n) is 12.5. The van der Waals surface area contributed by atoms with Crippen LogP contribution >= 0.6 is 0 Å². The molecule has 0 aliphatic carbocycles. The van der Waals surface area contributed by atoms with Gasteiger partial charge in [-0.1, -0.05) is 69.2 Å². The Kier molecular flexibility index (Phi) is 7.93. The standard InChI is InChI=1S/C28H33N3O5/c1-3-14-28(15-4-2)26(33)31(27(34)29-28)20-25(32)30(16-8-11-21-9-6-5-7-10-21)22-12-13-23-24(19-22)36-18-17-35-23/h5-13,19H,3-4,14-18,20H2,1-2H3,(H,29,34)/b11-8+. The summed E-state index contributed by atoms with van der Waals surface area (Å²) in [6, 6.07) is 14.6. The second-order valence-corrected chi connectivity index (χ2v) is 9.05. The number of nitrogens with zero attached hydrogens (tertiary/aromatic N) is 2. The number of carbonyl (C=O) groups excluding carboxylic acids is 3. The molecule has 1 fully saturated rings. The molecule has 2 aromatic carbocycles. The van der Waals surface area contributed by atoms with Crippen molar-refractivity contribution in [2.24, 2.45) is 0 Å². The second kappa shape index (κ2) is 11.3. The minimum Gasteiger partial charge on any atom is -0.486 e. The van der Waals surface area contributed by atoms with Gasteiger partial charge in [-0.25, -0.2) is 4.79 Å². The summed E-state index contributed by atoms with van der Waals surface area (Å²) in [5.41, 5.74) is 0.670. The molecule has 0 spiro atoms. The molecule has 4 rings (SSSR count). The molecule has 4 amide bonds. The zero-order valence-electron chi connectivity index (χ0n) is 20.9. The molecule has 36 heavy (non-hydrogen) atoms. The van der Waals surface area contributed by atoms with Crippen LogP contribution in [0, 0.1) is 0 Å². The topological polar surface area (TPSA) is 88.2 Å². The number of fused-ring (bicyclic) bond motifs is 1. The predicted octanol–water partition coefficient (Wildman–Crippen LogP) is 4.40. The van der Waals surface area contributed by atoms with Crippen molar-refractivity contribution in [1.82, 2.24) is 10.2 Å². The minimum atomic E-state index is -0.935. The Balaban J connectivity index is 1.58. The minimum absolute atomic E-state index is 0.256. The average molecular weight is 492 g/mol. The lowest BCUT2D eigenvalue weighted by molar-refractivity contribution is -0.134. The molecule has 1 N–H and O–H groups in total. The molecule has 0 bridgehead atoms. The molecule has 0 aromatic heterocycles. The van der Waals surface area contributed by atoms with Gasteiger partial charge in [0.05, 0.1) is 0 Å². The van der Waals surface area contributed by atoms with E-state index in [1.165, 1.54) is 0 Å². The zero-order chi connectivity index (χ0) is 25.5. The summed E-state index contributed by atoms with van der Waals surface area (Å²) in [7, 11) is 0. The van der Waals surface area contributed by atoms with Crippen LogP contribution in [0.3, 0.4) is 0 Å². The van der Waals surface area contributed by atoms with Crippen molar-refractivity contribution in [2.75, 3.05) is 31.2 Å². The molecule has 2 aromatic rings. The summed E-state index contributed by atoms with van der Waals surface area (Å²) in [4.78, 5) is 42.3. The molecule has 190 valence electrons. The summed E-state index contributed by atoms with van der Waals surface area (Å²) in [6.45, 7) is 4.77. The van der Waals surface area contributed by atoms with Gasteiger partial charge in [0.1, 0.15) is 25.3 Å². The molecule has 8 heteroatoms. The number of nitrogens with one attached hydrogen (secondary N) is 1. The molecule has 0 saturated carbocycles. The third-order valence-electron chi connectivity index (χ3n) is 6.43. The molecular weight excluding hydrogens is 458 g/mol. The molecule has 0 atom stereocenters. The summed E-state index contributed by atoms with van der Waals surface area (Å²) >= 11 is 0. The fraction of sp³-hybridized carbons (Fsp3) is 0.393. The highest BCUT2D eigenvalue weighted by Gasteiger charge is 2.50. The van der Waals surface area contributed by atoms with E-state index in [0.29, 0.717) is 43.2 Å². The van der Waals surface area contributed by atoms with Gasteiger partial charge in [-0.2, -0.15) is 0 Å². The first-order valence-corrected chi connectivity index (χ1v) is 12.5. The van der Waals surface area contributed by atoms with Crippen LogP contribution in [0.25, 0.3) is 6.08 Å². The third kappa shape index (κ3) is 5.37. The summed E-state index contributed by atoms with van der Waals surface area (Å²) < 4.78 is 11.3. The fourth-order valence-corrected chi connectivity index (χ4v) is 4.77. The Labute approximate surface area is 211 Å². The Morgan fingerprint density at radius 2 is 1.72 bits per heavy atom. The van der Waals surface area contributed by atoms with E-state index < -0.39 is 11.6 Å². The quantitative estimate of drug-likeness (QED) is 0.498. The lowest BCUT2D eigenvalue weighted by atomic mass is 9.88.